The Labute approximate surface area is 113 Å². The minimum atomic E-state index is 0.391. The highest BCUT2D eigenvalue weighted by Gasteiger charge is 2.56. The highest BCUT2D eigenvalue weighted by Crippen LogP contribution is 2.65. The van der Waals surface area contributed by atoms with Gasteiger partial charge in [0.25, 0.3) is 0 Å². The fourth-order valence-electron chi connectivity index (χ4n) is 3.54. The van der Waals surface area contributed by atoms with Crippen LogP contribution >= 0.6 is 0 Å². The van der Waals surface area contributed by atoms with Gasteiger partial charge in [0.15, 0.2) is 0 Å². The molecule has 0 aromatic carbocycles. The van der Waals surface area contributed by atoms with E-state index in [1.54, 1.807) is 0 Å². The Bertz CT molecular complexity index is 358. The lowest BCUT2D eigenvalue weighted by molar-refractivity contribution is 0.162. The molecule has 0 heterocycles. The summed E-state index contributed by atoms with van der Waals surface area (Å²) >= 11 is 0. The van der Waals surface area contributed by atoms with E-state index in [9.17, 15) is 0 Å². The van der Waals surface area contributed by atoms with Gasteiger partial charge in [-0.15, -0.1) is 0 Å². The Morgan fingerprint density at radius 1 is 1.22 bits per heavy atom. The van der Waals surface area contributed by atoms with E-state index in [2.05, 4.69) is 58.2 Å². The Morgan fingerprint density at radius 2 is 1.89 bits per heavy atom. The lowest BCUT2D eigenvalue weighted by Gasteiger charge is -2.40. The molecule has 18 heavy (non-hydrogen) atoms. The molecule has 1 nitrogen and oxygen atoms in total. The fraction of sp³-hybridized carbons (Fsp3) is 0.765. The van der Waals surface area contributed by atoms with E-state index >= 15 is 0 Å². The SMILES string of the molecule is CC(C)NCC1=CCC(C)(C2(C(C)C)CC2)C=C1. The summed E-state index contributed by atoms with van der Waals surface area (Å²) in [4.78, 5) is 0. The molecule has 2 rings (SSSR count). The molecular weight excluding hydrogens is 218 g/mol. The Hall–Kier alpha value is -0.560. The standard InChI is InChI=1S/C17H29N/c1-13(2)17(10-11-17)16(5)8-6-15(7-9-16)12-18-14(3)4/h6-8,13-14,18H,9-12H2,1-5H3. The lowest BCUT2D eigenvalue weighted by Crippen LogP contribution is -2.33. The molecule has 0 amide bonds. The van der Waals surface area contributed by atoms with Crippen molar-refractivity contribution in [2.24, 2.45) is 16.7 Å². The number of hydrogen-bond acceptors (Lipinski definition) is 1. The van der Waals surface area contributed by atoms with Crippen molar-refractivity contribution in [3.05, 3.63) is 23.8 Å². The van der Waals surface area contributed by atoms with Gasteiger partial charge in [-0.05, 0) is 41.6 Å². The second-order valence-corrected chi connectivity index (χ2v) is 7.08. The molecule has 2 aliphatic rings. The van der Waals surface area contributed by atoms with E-state index in [1.807, 2.05) is 0 Å². The van der Waals surface area contributed by atoms with Crippen LogP contribution in [-0.2, 0) is 0 Å². The van der Waals surface area contributed by atoms with Gasteiger partial charge < -0.3 is 5.32 Å². The number of rotatable bonds is 5. The second-order valence-electron chi connectivity index (χ2n) is 7.08. The third-order valence-corrected chi connectivity index (χ3v) is 5.20. The molecule has 0 aromatic heterocycles. The third-order valence-electron chi connectivity index (χ3n) is 5.20. The predicted octanol–water partition coefficient (Wildman–Crippen LogP) is 4.31. The molecular formula is C17H29N. The van der Waals surface area contributed by atoms with Crippen molar-refractivity contribution in [2.75, 3.05) is 6.54 Å². The molecule has 2 aliphatic carbocycles. The zero-order valence-corrected chi connectivity index (χ0v) is 12.7. The van der Waals surface area contributed by atoms with Gasteiger partial charge in [0, 0.05) is 12.6 Å². The summed E-state index contributed by atoms with van der Waals surface area (Å²) < 4.78 is 0. The van der Waals surface area contributed by atoms with Gasteiger partial charge in [-0.25, -0.2) is 0 Å². The molecule has 1 saturated carbocycles. The van der Waals surface area contributed by atoms with Crippen molar-refractivity contribution < 1.29 is 0 Å². The van der Waals surface area contributed by atoms with Crippen LogP contribution in [0.4, 0.5) is 0 Å². The Morgan fingerprint density at radius 3 is 2.28 bits per heavy atom. The summed E-state index contributed by atoms with van der Waals surface area (Å²) in [5.41, 5.74) is 2.43. The topological polar surface area (TPSA) is 12.0 Å². The van der Waals surface area contributed by atoms with Crippen molar-refractivity contribution in [2.45, 2.75) is 59.9 Å². The lowest BCUT2D eigenvalue weighted by atomic mass is 9.64. The fourth-order valence-corrected chi connectivity index (χ4v) is 3.54. The van der Waals surface area contributed by atoms with Gasteiger partial charge in [0.05, 0.1) is 0 Å². The summed E-state index contributed by atoms with van der Waals surface area (Å²) in [5.74, 6) is 0.802. The average Bonchev–Trinajstić information content (AvgIpc) is 3.09. The van der Waals surface area contributed by atoms with E-state index in [-0.39, 0.29) is 0 Å². The van der Waals surface area contributed by atoms with Crippen LogP contribution in [0, 0.1) is 16.7 Å². The molecule has 102 valence electrons. The van der Waals surface area contributed by atoms with Crippen LogP contribution in [0.3, 0.4) is 0 Å². The minimum absolute atomic E-state index is 0.391. The molecule has 1 fully saturated rings. The molecule has 0 saturated heterocycles. The highest BCUT2D eigenvalue weighted by atomic mass is 14.9. The minimum Gasteiger partial charge on any atom is -0.310 e. The van der Waals surface area contributed by atoms with E-state index < -0.39 is 0 Å². The van der Waals surface area contributed by atoms with Crippen LogP contribution in [0.2, 0.25) is 0 Å². The first-order chi connectivity index (χ1) is 8.40. The molecule has 0 aliphatic heterocycles. The third kappa shape index (κ3) is 2.42. The first kappa shape index (κ1) is 13.9. The summed E-state index contributed by atoms with van der Waals surface area (Å²) in [6.07, 6.45) is 11.4. The number of hydrogen-bond donors (Lipinski definition) is 1. The maximum Gasteiger partial charge on any atom is 0.0204 e. The van der Waals surface area contributed by atoms with Crippen molar-refractivity contribution in [3.63, 3.8) is 0 Å². The van der Waals surface area contributed by atoms with E-state index in [1.165, 1.54) is 24.8 Å². The van der Waals surface area contributed by atoms with Crippen LogP contribution in [-0.4, -0.2) is 12.6 Å². The molecule has 0 radical (unpaired) electrons. The van der Waals surface area contributed by atoms with Crippen LogP contribution in [0.25, 0.3) is 0 Å². The smallest absolute Gasteiger partial charge is 0.0204 e. The maximum absolute atomic E-state index is 3.50. The van der Waals surface area contributed by atoms with E-state index in [0.29, 0.717) is 16.9 Å². The van der Waals surface area contributed by atoms with Gasteiger partial charge >= 0.3 is 0 Å². The van der Waals surface area contributed by atoms with Crippen LogP contribution in [0.1, 0.15) is 53.9 Å². The molecule has 0 spiro atoms. The van der Waals surface area contributed by atoms with Gasteiger partial charge in [0.1, 0.15) is 0 Å². The summed E-state index contributed by atoms with van der Waals surface area (Å²) in [5, 5.41) is 3.50. The van der Waals surface area contributed by atoms with Crippen LogP contribution in [0.15, 0.2) is 23.8 Å². The first-order valence-electron chi connectivity index (χ1n) is 7.51. The molecule has 1 N–H and O–H groups in total. The average molecular weight is 247 g/mol. The summed E-state index contributed by atoms with van der Waals surface area (Å²) in [6.45, 7) is 12.7. The van der Waals surface area contributed by atoms with Crippen LogP contribution < -0.4 is 5.32 Å². The molecule has 1 heteroatoms. The van der Waals surface area contributed by atoms with Crippen molar-refractivity contribution in [3.8, 4) is 0 Å². The van der Waals surface area contributed by atoms with E-state index in [4.69, 9.17) is 0 Å². The van der Waals surface area contributed by atoms with Gasteiger partial charge in [-0.2, -0.15) is 0 Å². The van der Waals surface area contributed by atoms with Crippen molar-refractivity contribution in [1.82, 2.24) is 5.32 Å². The number of allylic oxidation sites excluding steroid dienone is 2. The Kier molecular flexibility index (Phi) is 3.73. The van der Waals surface area contributed by atoms with E-state index in [0.717, 1.165) is 12.5 Å². The summed E-state index contributed by atoms with van der Waals surface area (Å²) in [7, 11) is 0. The second kappa shape index (κ2) is 4.85. The molecule has 0 bridgehead atoms. The first-order valence-corrected chi connectivity index (χ1v) is 7.51. The van der Waals surface area contributed by atoms with Crippen molar-refractivity contribution in [1.29, 1.82) is 0 Å². The molecule has 1 unspecified atom stereocenters. The van der Waals surface area contributed by atoms with Crippen LogP contribution in [0.5, 0.6) is 0 Å². The largest absolute Gasteiger partial charge is 0.310 e. The number of nitrogens with one attached hydrogen (secondary N) is 1. The highest BCUT2D eigenvalue weighted by molar-refractivity contribution is 5.31. The van der Waals surface area contributed by atoms with Crippen molar-refractivity contribution >= 4 is 0 Å². The normalized spacial score (nSPS) is 29.8. The van der Waals surface area contributed by atoms with Gasteiger partial charge in [-0.1, -0.05) is 52.8 Å². The van der Waals surface area contributed by atoms with Gasteiger partial charge in [0.2, 0.25) is 0 Å². The molecule has 0 aromatic rings. The van der Waals surface area contributed by atoms with Gasteiger partial charge in [-0.3, -0.25) is 0 Å². The zero-order valence-electron chi connectivity index (χ0n) is 12.7. The maximum atomic E-state index is 3.50. The quantitative estimate of drug-likeness (QED) is 0.763. The Balaban J connectivity index is 2.00. The molecule has 1 atom stereocenters. The predicted molar refractivity (Wildman–Crippen MR) is 79.6 cm³/mol. The summed E-state index contributed by atoms with van der Waals surface area (Å²) in [6, 6.07) is 0.568. The monoisotopic (exact) mass is 247 g/mol. The zero-order chi connectivity index (χ0) is 13.4.